The van der Waals surface area contributed by atoms with Crippen LogP contribution in [-0.4, -0.2) is 44.5 Å². The number of hydrogen-bond acceptors (Lipinski definition) is 5. The van der Waals surface area contributed by atoms with Crippen molar-refractivity contribution >= 4 is 16.0 Å². The van der Waals surface area contributed by atoms with Crippen molar-refractivity contribution in [2.24, 2.45) is 5.92 Å². The minimum absolute atomic E-state index is 0.0853. The van der Waals surface area contributed by atoms with Crippen LogP contribution in [-0.2, 0) is 30.9 Å². The summed E-state index contributed by atoms with van der Waals surface area (Å²) in [5.74, 6) is -0.440. The largest absolute Gasteiger partial charge is 0.466 e. The first-order chi connectivity index (χ1) is 11.8. The van der Waals surface area contributed by atoms with Gasteiger partial charge < -0.3 is 9.47 Å². The summed E-state index contributed by atoms with van der Waals surface area (Å²) in [5, 5.41) is 0. The molecule has 0 amide bonds. The topological polar surface area (TPSA) is 72.9 Å². The molecule has 2 rings (SSSR count). The summed E-state index contributed by atoms with van der Waals surface area (Å²) < 4.78 is 37.7. The molecule has 0 saturated carbocycles. The number of ether oxygens (including phenoxy) is 2. The first kappa shape index (κ1) is 19.9. The van der Waals surface area contributed by atoms with Crippen molar-refractivity contribution in [3.8, 4) is 0 Å². The molecule has 0 unspecified atom stereocenters. The maximum Gasteiger partial charge on any atom is 0.309 e. The van der Waals surface area contributed by atoms with Crippen molar-refractivity contribution in [3.05, 3.63) is 29.8 Å². The van der Waals surface area contributed by atoms with Gasteiger partial charge in [0.05, 0.1) is 30.1 Å². The van der Waals surface area contributed by atoms with Gasteiger partial charge in [0, 0.05) is 13.1 Å². The first-order valence-corrected chi connectivity index (χ1v) is 10.2. The van der Waals surface area contributed by atoms with Gasteiger partial charge in [-0.3, -0.25) is 4.79 Å². The van der Waals surface area contributed by atoms with Gasteiger partial charge in [0.2, 0.25) is 10.0 Å². The highest BCUT2D eigenvalue weighted by atomic mass is 32.2. The highest BCUT2D eigenvalue weighted by Gasteiger charge is 2.32. The van der Waals surface area contributed by atoms with E-state index in [1.54, 1.807) is 25.1 Å². The lowest BCUT2D eigenvalue weighted by atomic mass is 9.98. The molecule has 0 aromatic heterocycles. The van der Waals surface area contributed by atoms with Crippen LogP contribution >= 0.6 is 0 Å². The van der Waals surface area contributed by atoms with Crippen LogP contribution in [0.4, 0.5) is 0 Å². The van der Waals surface area contributed by atoms with E-state index in [1.165, 1.54) is 4.31 Å². The molecule has 1 saturated heterocycles. The minimum atomic E-state index is -3.56. The van der Waals surface area contributed by atoms with E-state index in [2.05, 4.69) is 0 Å². The molecule has 1 aromatic rings. The molecule has 0 atom stereocenters. The SMILES string of the molecule is CCOC(=O)C1CCN(S(=O)(=O)c2cccc(COC(C)C)c2)CC1. The third kappa shape index (κ3) is 5.26. The van der Waals surface area contributed by atoms with Crippen LogP contribution in [0.25, 0.3) is 0 Å². The van der Waals surface area contributed by atoms with E-state index in [4.69, 9.17) is 9.47 Å². The number of rotatable bonds is 7. The number of carbonyl (C=O) groups excluding carboxylic acids is 1. The molecule has 0 radical (unpaired) electrons. The van der Waals surface area contributed by atoms with Crippen LogP contribution in [0.5, 0.6) is 0 Å². The van der Waals surface area contributed by atoms with Crippen molar-refractivity contribution in [1.82, 2.24) is 4.31 Å². The summed E-state index contributed by atoms with van der Waals surface area (Å²) >= 11 is 0. The predicted octanol–water partition coefficient (Wildman–Crippen LogP) is 2.58. The molecule has 1 fully saturated rings. The molecule has 0 bridgehead atoms. The standard InChI is InChI=1S/C18H27NO5S/c1-4-23-18(20)16-8-10-19(11-9-16)25(21,22)17-7-5-6-15(12-17)13-24-14(2)3/h5-7,12,14,16H,4,8-11,13H2,1-3H3. The molecule has 1 aliphatic rings. The van der Waals surface area contributed by atoms with Crippen molar-refractivity contribution in [3.63, 3.8) is 0 Å². The van der Waals surface area contributed by atoms with E-state index in [0.29, 0.717) is 39.1 Å². The van der Waals surface area contributed by atoms with Crippen LogP contribution in [0.1, 0.15) is 39.2 Å². The average molecular weight is 369 g/mol. The molecular formula is C18H27NO5S. The normalized spacial score (nSPS) is 17.0. The van der Waals surface area contributed by atoms with E-state index < -0.39 is 10.0 Å². The number of carbonyl (C=O) groups is 1. The Morgan fingerprint density at radius 3 is 2.56 bits per heavy atom. The Balaban J connectivity index is 2.04. The van der Waals surface area contributed by atoms with Crippen molar-refractivity contribution in [2.75, 3.05) is 19.7 Å². The molecule has 6 nitrogen and oxygen atoms in total. The van der Waals surface area contributed by atoms with Gasteiger partial charge in [-0.15, -0.1) is 0 Å². The molecule has 0 N–H and O–H groups in total. The van der Waals surface area contributed by atoms with Gasteiger partial charge in [0.25, 0.3) is 0 Å². The lowest BCUT2D eigenvalue weighted by Crippen LogP contribution is -2.40. The average Bonchev–Trinajstić information content (AvgIpc) is 2.60. The molecule has 1 aliphatic heterocycles. The fourth-order valence-electron chi connectivity index (χ4n) is 2.80. The number of benzene rings is 1. The van der Waals surface area contributed by atoms with E-state index in [1.807, 2.05) is 19.9 Å². The Bertz CT molecular complexity index is 678. The lowest BCUT2D eigenvalue weighted by molar-refractivity contribution is -0.149. The zero-order valence-corrected chi connectivity index (χ0v) is 15.9. The molecule has 1 heterocycles. The Kier molecular flexibility index (Phi) is 6.98. The third-order valence-electron chi connectivity index (χ3n) is 4.19. The summed E-state index contributed by atoms with van der Waals surface area (Å²) in [4.78, 5) is 12.1. The highest BCUT2D eigenvalue weighted by molar-refractivity contribution is 7.89. The van der Waals surface area contributed by atoms with E-state index in [-0.39, 0.29) is 22.9 Å². The molecule has 140 valence electrons. The van der Waals surface area contributed by atoms with E-state index in [9.17, 15) is 13.2 Å². The summed E-state index contributed by atoms with van der Waals surface area (Å²) in [6, 6.07) is 6.85. The van der Waals surface area contributed by atoms with Crippen LogP contribution < -0.4 is 0 Å². The van der Waals surface area contributed by atoms with Gasteiger partial charge in [0.15, 0.2) is 0 Å². The molecule has 7 heteroatoms. The molecular weight excluding hydrogens is 342 g/mol. The Hall–Kier alpha value is -1.44. The van der Waals surface area contributed by atoms with Gasteiger partial charge in [0.1, 0.15) is 0 Å². The number of piperidine rings is 1. The second-order valence-corrected chi connectivity index (χ2v) is 8.38. The second-order valence-electron chi connectivity index (χ2n) is 6.44. The summed E-state index contributed by atoms with van der Waals surface area (Å²) in [7, 11) is -3.56. The molecule has 0 spiro atoms. The maximum atomic E-state index is 12.8. The van der Waals surface area contributed by atoms with Crippen LogP contribution in [0, 0.1) is 5.92 Å². The van der Waals surface area contributed by atoms with Crippen molar-refractivity contribution < 1.29 is 22.7 Å². The number of sulfonamides is 1. The smallest absolute Gasteiger partial charge is 0.309 e. The summed E-state index contributed by atoms with van der Waals surface area (Å²) in [5.41, 5.74) is 0.830. The summed E-state index contributed by atoms with van der Waals surface area (Å²) in [6.07, 6.45) is 1.07. The molecule has 25 heavy (non-hydrogen) atoms. The van der Waals surface area contributed by atoms with E-state index >= 15 is 0 Å². The zero-order chi connectivity index (χ0) is 18.4. The molecule has 1 aromatic carbocycles. The Morgan fingerprint density at radius 2 is 1.96 bits per heavy atom. The van der Waals surface area contributed by atoms with Gasteiger partial charge in [-0.1, -0.05) is 12.1 Å². The maximum absolute atomic E-state index is 12.8. The van der Waals surface area contributed by atoms with Crippen LogP contribution in [0.15, 0.2) is 29.2 Å². The predicted molar refractivity (Wildman–Crippen MR) is 94.5 cm³/mol. The van der Waals surface area contributed by atoms with Crippen molar-refractivity contribution in [2.45, 2.75) is 51.2 Å². The number of nitrogens with zero attached hydrogens (tertiary/aromatic N) is 1. The van der Waals surface area contributed by atoms with Gasteiger partial charge in [-0.25, -0.2) is 8.42 Å². The monoisotopic (exact) mass is 369 g/mol. The van der Waals surface area contributed by atoms with E-state index in [0.717, 1.165) is 5.56 Å². The lowest BCUT2D eigenvalue weighted by Gasteiger charge is -2.30. The van der Waals surface area contributed by atoms with Crippen LogP contribution in [0.3, 0.4) is 0 Å². The molecule has 0 aliphatic carbocycles. The fourth-order valence-corrected chi connectivity index (χ4v) is 4.34. The fraction of sp³-hybridized carbons (Fsp3) is 0.611. The first-order valence-electron chi connectivity index (χ1n) is 8.72. The second kappa shape index (κ2) is 8.78. The van der Waals surface area contributed by atoms with Gasteiger partial charge >= 0.3 is 5.97 Å². The minimum Gasteiger partial charge on any atom is -0.466 e. The van der Waals surface area contributed by atoms with Crippen LogP contribution in [0.2, 0.25) is 0 Å². The Labute approximate surface area is 150 Å². The number of esters is 1. The van der Waals surface area contributed by atoms with Gasteiger partial charge in [-0.05, 0) is 51.3 Å². The van der Waals surface area contributed by atoms with Crippen molar-refractivity contribution in [1.29, 1.82) is 0 Å². The third-order valence-corrected chi connectivity index (χ3v) is 6.09. The highest BCUT2D eigenvalue weighted by Crippen LogP contribution is 2.25. The zero-order valence-electron chi connectivity index (χ0n) is 15.1. The summed E-state index contributed by atoms with van der Waals surface area (Å²) in [6.45, 7) is 7.04. The van der Waals surface area contributed by atoms with Gasteiger partial charge in [-0.2, -0.15) is 4.31 Å². The number of hydrogen-bond donors (Lipinski definition) is 0. The quantitative estimate of drug-likeness (QED) is 0.691. The Morgan fingerprint density at radius 1 is 1.28 bits per heavy atom.